The van der Waals surface area contributed by atoms with Crippen LogP contribution in [0.5, 0.6) is 0 Å². The van der Waals surface area contributed by atoms with Crippen LogP contribution < -0.4 is 10.6 Å². The van der Waals surface area contributed by atoms with E-state index in [0.717, 1.165) is 27.8 Å². The molecule has 1 fully saturated rings. The molecule has 8 nitrogen and oxygen atoms in total. The molecule has 4 aromatic carbocycles. The maximum absolute atomic E-state index is 12.7. The van der Waals surface area contributed by atoms with Crippen LogP contribution in [0.25, 0.3) is 0 Å². The van der Waals surface area contributed by atoms with Crippen LogP contribution in [0.15, 0.2) is 109 Å². The Morgan fingerprint density at radius 3 is 2.24 bits per heavy atom. The summed E-state index contributed by atoms with van der Waals surface area (Å²) in [7, 11) is 2.00. The molecule has 0 aromatic heterocycles. The van der Waals surface area contributed by atoms with Gasteiger partial charge in [0.1, 0.15) is 0 Å². The number of aliphatic hydroxyl groups is 2. The molecule has 1 saturated heterocycles. The van der Waals surface area contributed by atoms with E-state index < -0.39 is 12.4 Å². The van der Waals surface area contributed by atoms with Gasteiger partial charge in [-0.2, -0.15) is 0 Å². The number of carbonyl (C=O) groups excluding carboxylic acids is 1. The molecular weight excluding hydrogens is 566 g/mol. The van der Waals surface area contributed by atoms with Gasteiger partial charge in [0.05, 0.1) is 24.9 Å². The average Bonchev–Trinajstić information content (AvgIpc) is 3.08. The minimum absolute atomic E-state index is 0.0187. The minimum Gasteiger partial charge on any atom is -0.392 e. The number of urea groups is 1. The highest BCUT2D eigenvalue weighted by Crippen LogP contribution is 2.42. The number of amides is 2. The van der Waals surface area contributed by atoms with Crippen molar-refractivity contribution in [3.05, 3.63) is 137 Å². The van der Waals surface area contributed by atoms with Crippen LogP contribution in [0, 0.1) is 5.92 Å². The van der Waals surface area contributed by atoms with Crippen LogP contribution in [-0.2, 0) is 22.6 Å². The smallest absolute Gasteiger partial charge is 0.319 e. The zero-order chi connectivity index (χ0) is 31.8. The Balaban J connectivity index is 1.33. The molecule has 5 rings (SSSR count). The highest BCUT2D eigenvalue weighted by Gasteiger charge is 2.39. The van der Waals surface area contributed by atoms with Crippen LogP contribution in [0.1, 0.15) is 60.2 Å². The molecule has 0 saturated carbocycles. The standard InChI is InChI=1S/C37H43N3O5/c1-25-33(23-40(3)26(2)34(42)29-13-8-5-9-14-29)44-36(45-35(25)30-19-17-28(24-41)18-20-30)31-15-10-16-32(21-31)39-37(43)38-22-27-11-6-4-7-12-27/h4-21,25-26,33-36,41-42H,22-24H2,1-3H3,(H2,38,39,43)/t25-,26+,33+,34+,35+,36+/m1/s1. The fourth-order valence-corrected chi connectivity index (χ4v) is 5.66. The van der Waals surface area contributed by atoms with Crippen molar-refractivity contribution in [3.63, 3.8) is 0 Å². The van der Waals surface area contributed by atoms with E-state index in [0.29, 0.717) is 18.8 Å². The van der Waals surface area contributed by atoms with E-state index in [1.807, 2.05) is 123 Å². The number of rotatable bonds is 11. The molecule has 45 heavy (non-hydrogen) atoms. The molecule has 2 amide bonds. The summed E-state index contributed by atoms with van der Waals surface area (Å²) in [5.41, 5.74) is 5.12. The molecule has 6 atom stereocenters. The molecule has 4 aromatic rings. The summed E-state index contributed by atoms with van der Waals surface area (Å²) in [5, 5.41) is 26.5. The number of anilines is 1. The van der Waals surface area contributed by atoms with Crippen LogP contribution in [-0.4, -0.2) is 46.9 Å². The van der Waals surface area contributed by atoms with E-state index in [1.54, 1.807) is 0 Å². The molecule has 0 radical (unpaired) electrons. The number of likely N-dealkylation sites (N-methyl/N-ethyl adjacent to an activating group) is 1. The normalized spacial score (nSPS) is 21.2. The van der Waals surface area contributed by atoms with Crippen molar-refractivity contribution >= 4 is 11.7 Å². The van der Waals surface area contributed by atoms with Gasteiger partial charge in [-0.1, -0.05) is 104 Å². The lowest BCUT2D eigenvalue weighted by Gasteiger charge is -2.43. The first-order valence-corrected chi connectivity index (χ1v) is 15.4. The Hall–Kier alpha value is -4.05. The van der Waals surface area contributed by atoms with E-state index in [-0.39, 0.29) is 36.8 Å². The molecule has 0 spiro atoms. The molecule has 1 heterocycles. The van der Waals surface area contributed by atoms with Gasteiger partial charge < -0.3 is 30.3 Å². The van der Waals surface area contributed by atoms with Crippen LogP contribution in [0.4, 0.5) is 10.5 Å². The van der Waals surface area contributed by atoms with E-state index in [4.69, 9.17) is 9.47 Å². The fourth-order valence-electron chi connectivity index (χ4n) is 5.66. The summed E-state index contributed by atoms with van der Waals surface area (Å²) in [5.74, 6) is -0.0187. The van der Waals surface area contributed by atoms with E-state index in [9.17, 15) is 15.0 Å². The number of hydrogen-bond acceptors (Lipinski definition) is 6. The van der Waals surface area contributed by atoms with Crippen molar-refractivity contribution in [1.29, 1.82) is 0 Å². The molecule has 0 bridgehead atoms. The Bertz CT molecular complexity index is 1500. The fraction of sp³-hybridized carbons (Fsp3) is 0.324. The summed E-state index contributed by atoms with van der Waals surface area (Å²) in [6.07, 6.45) is -1.85. The van der Waals surface area contributed by atoms with Crippen LogP contribution >= 0.6 is 0 Å². The van der Waals surface area contributed by atoms with Crippen molar-refractivity contribution in [2.24, 2.45) is 5.92 Å². The van der Waals surface area contributed by atoms with Crippen molar-refractivity contribution in [1.82, 2.24) is 10.2 Å². The van der Waals surface area contributed by atoms with Gasteiger partial charge >= 0.3 is 6.03 Å². The predicted molar refractivity (Wildman–Crippen MR) is 175 cm³/mol. The lowest BCUT2D eigenvalue weighted by Crippen LogP contribution is -2.46. The number of ether oxygens (including phenoxy) is 2. The predicted octanol–water partition coefficient (Wildman–Crippen LogP) is 6.35. The number of aliphatic hydroxyl groups excluding tert-OH is 2. The minimum atomic E-state index is -0.689. The summed E-state index contributed by atoms with van der Waals surface area (Å²) in [6.45, 7) is 5.09. The number of hydrogen-bond donors (Lipinski definition) is 4. The van der Waals surface area contributed by atoms with Crippen molar-refractivity contribution in [2.45, 2.75) is 57.6 Å². The van der Waals surface area contributed by atoms with Crippen molar-refractivity contribution in [3.8, 4) is 0 Å². The van der Waals surface area contributed by atoms with Gasteiger partial charge in [0.25, 0.3) is 0 Å². The summed E-state index contributed by atoms with van der Waals surface area (Å²) in [6, 6.07) is 34.3. The summed E-state index contributed by atoms with van der Waals surface area (Å²) >= 11 is 0. The zero-order valence-electron chi connectivity index (χ0n) is 26.0. The van der Waals surface area contributed by atoms with E-state index in [2.05, 4.69) is 22.5 Å². The highest BCUT2D eigenvalue weighted by molar-refractivity contribution is 5.89. The van der Waals surface area contributed by atoms with Crippen LogP contribution in [0.3, 0.4) is 0 Å². The second-order valence-electron chi connectivity index (χ2n) is 11.8. The van der Waals surface area contributed by atoms with Gasteiger partial charge in [-0.3, -0.25) is 4.90 Å². The van der Waals surface area contributed by atoms with Gasteiger partial charge in [-0.05, 0) is 48.4 Å². The Kier molecular flexibility index (Phi) is 11.0. The molecule has 8 heteroatoms. The quantitative estimate of drug-likeness (QED) is 0.158. The Morgan fingerprint density at radius 1 is 0.867 bits per heavy atom. The topological polar surface area (TPSA) is 103 Å². The van der Waals surface area contributed by atoms with Crippen molar-refractivity contribution < 1.29 is 24.5 Å². The second kappa shape index (κ2) is 15.3. The monoisotopic (exact) mass is 609 g/mol. The number of nitrogens with one attached hydrogen (secondary N) is 2. The maximum atomic E-state index is 12.7. The van der Waals surface area contributed by atoms with Gasteiger partial charge in [0.2, 0.25) is 0 Å². The molecule has 1 aliphatic rings. The molecule has 4 N–H and O–H groups in total. The molecular formula is C37H43N3O5. The first-order valence-electron chi connectivity index (χ1n) is 15.4. The van der Waals surface area contributed by atoms with Crippen LogP contribution in [0.2, 0.25) is 0 Å². The van der Waals surface area contributed by atoms with Gasteiger partial charge in [-0.25, -0.2) is 4.79 Å². The number of nitrogens with zero attached hydrogens (tertiary/aromatic N) is 1. The Labute approximate surface area is 265 Å². The average molecular weight is 610 g/mol. The third-order valence-electron chi connectivity index (χ3n) is 8.60. The first-order chi connectivity index (χ1) is 21.8. The maximum Gasteiger partial charge on any atom is 0.319 e. The molecule has 0 aliphatic carbocycles. The molecule has 1 aliphatic heterocycles. The van der Waals surface area contributed by atoms with Gasteiger partial charge in [-0.15, -0.1) is 0 Å². The third kappa shape index (κ3) is 8.36. The highest BCUT2D eigenvalue weighted by atomic mass is 16.7. The third-order valence-corrected chi connectivity index (χ3v) is 8.60. The van der Waals surface area contributed by atoms with Crippen molar-refractivity contribution in [2.75, 3.05) is 18.9 Å². The Morgan fingerprint density at radius 2 is 1.56 bits per heavy atom. The van der Waals surface area contributed by atoms with E-state index in [1.165, 1.54) is 0 Å². The van der Waals surface area contributed by atoms with E-state index >= 15 is 0 Å². The molecule has 236 valence electrons. The zero-order valence-corrected chi connectivity index (χ0v) is 26.0. The SMILES string of the molecule is C[C@@H]1[C@H](CN(C)[C@@H](C)[C@H](O)c2ccccc2)O[C@H](c2cccc(NC(=O)NCc3ccccc3)c2)O[C@@H]1c1ccc(CO)cc1. The van der Waals surface area contributed by atoms with Gasteiger partial charge in [0, 0.05) is 36.3 Å². The lowest BCUT2D eigenvalue weighted by atomic mass is 9.89. The largest absolute Gasteiger partial charge is 0.392 e. The number of benzene rings is 4. The van der Waals surface area contributed by atoms with Gasteiger partial charge in [0.15, 0.2) is 6.29 Å². The lowest BCUT2D eigenvalue weighted by molar-refractivity contribution is -0.276. The summed E-state index contributed by atoms with van der Waals surface area (Å²) in [4.78, 5) is 14.8. The second-order valence-corrected chi connectivity index (χ2v) is 11.8. The number of carbonyl (C=O) groups is 1. The first kappa shape index (κ1) is 32.3. The summed E-state index contributed by atoms with van der Waals surface area (Å²) < 4.78 is 13.3. The molecule has 0 unspecified atom stereocenters.